The van der Waals surface area contributed by atoms with Crippen LogP contribution in [0.1, 0.15) is 40.9 Å². The van der Waals surface area contributed by atoms with E-state index in [-0.39, 0.29) is 30.2 Å². The average Bonchev–Trinajstić information content (AvgIpc) is 2.96. The summed E-state index contributed by atoms with van der Waals surface area (Å²) in [5, 5.41) is 0. The van der Waals surface area contributed by atoms with Crippen LogP contribution >= 0.6 is 12.4 Å². The molecular weight excluding hydrogens is 327 g/mol. The Morgan fingerprint density at radius 1 is 1.21 bits per heavy atom. The molecule has 2 N–H and O–H groups in total. The fourth-order valence-electron chi connectivity index (χ4n) is 3.26. The van der Waals surface area contributed by atoms with Gasteiger partial charge in [0.1, 0.15) is 5.82 Å². The number of halogens is 2. The molecule has 1 heterocycles. The first-order valence-electron chi connectivity index (χ1n) is 7.94. The number of nitrogens with zero attached hydrogens (tertiary/aromatic N) is 1. The Kier molecular flexibility index (Phi) is 5.97. The molecule has 2 unspecified atom stereocenters. The number of nitrogens with two attached hydrogens (primary N) is 1. The van der Waals surface area contributed by atoms with Crippen LogP contribution in [0.15, 0.2) is 48.5 Å². The van der Waals surface area contributed by atoms with Gasteiger partial charge in [-0.3, -0.25) is 4.79 Å². The van der Waals surface area contributed by atoms with Gasteiger partial charge in [-0.1, -0.05) is 37.3 Å². The van der Waals surface area contributed by atoms with E-state index < -0.39 is 0 Å². The summed E-state index contributed by atoms with van der Waals surface area (Å²) in [6, 6.07) is 13.8. The van der Waals surface area contributed by atoms with Crippen LogP contribution < -0.4 is 5.73 Å². The number of carbonyl (C=O) groups is 1. The molecule has 2 aromatic carbocycles. The zero-order valence-electron chi connectivity index (χ0n) is 13.6. The summed E-state index contributed by atoms with van der Waals surface area (Å²) in [6.45, 7) is 3.20. The highest BCUT2D eigenvalue weighted by Crippen LogP contribution is 2.37. The van der Waals surface area contributed by atoms with Gasteiger partial charge >= 0.3 is 0 Å². The van der Waals surface area contributed by atoms with Crippen LogP contribution in [-0.4, -0.2) is 17.4 Å². The lowest BCUT2D eigenvalue weighted by Gasteiger charge is -2.25. The van der Waals surface area contributed by atoms with E-state index in [1.807, 2.05) is 18.2 Å². The maximum Gasteiger partial charge on any atom is 0.254 e. The molecule has 0 radical (unpaired) electrons. The molecule has 3 nitrogen and oxygen atoms in total. The molecule has 5 heteroatoms. The number of rotatable bonds is 3. The van der Waals surface area contributed by atoms with Crippen molar-refractivity contribution in [1.29, 1.82) is 0 Å². The summed E-state index contributed by atoms with van der Waals surface area (Å²) in [5.74, 6) is 0.0564. The SMILES string of the molecule is CC1CC(c2ccccc2F)N(C(=O)c2ccc(CN)cc2)C1.Cl. The molecule has 0 aliphatic carbocycles. The van der Waals surface area contributed by atoms with Crippen molar-refractivity contribution in [3.8, 4) is 0 Å². The standard InChI is InChI=1S/C19H21FN2O.ClH/c1-13-10-18(16-4-2-3-5-17(16)20)22(12-13)19(23)15-8-6-14(11-21)7-9-15;/h2-9,13,18H,10-12,21H2,1H3;1H. The van der Waals surface area contributed by atoms with Crippen molar-refractivity contribution in [2.45, 2.75) is 25.9 Å². The topological polar surface area (TPSA) is 46.3 Å². The number of likely N-dealkylation sites (tertiary alicyclic amines) is 1. The van der Waals surface area contributed by atoms with Crippen LogP contribution in [0.3, 0.4) is 0 Å². The fourth-order valence-corrected chi connectivity index (χ4v) is 3.26. The highest BCUT2D eigenvalue weighted by atomic mass is 35.5. The molecule has 3 rings (SSSR count). The number of carbonyl (C=O) groups excluding carboxylic acids is 1. The molecule has 0 spiro atoms. The maximum absolute atomic E-state index is 14.2. The molecule has 2 atom stereocenters. The predicted octanol–water partition coefficient (Wildman–Crippen LogP) is 3.93. The first-order valence-corrected chi connectivity index (χ1v) is 7.94. The molecule has 1 saturated heterocycles. The molecule has 1 aliphatic heterocycles. The molecule has 24 heavy (non-hydrogen) atoms. The summed E-state index contributed by atoms with van der Waals surface area (Å²) < 4.78 is 14.2. The minimum Gasteiger partial charge on any atom is -0.331 e. The number of amides is 1. The van der Waals surface area contributed by atoms with E-state index in [1.54, 1.807) is 29.2 Å². The van der Waals surface area contributed by atoms with Gasteiger partial charge in [0, 0.05) is 24.2 Å². The van der Waals surface area contributed by atoms with Crippen molar-refractivity contribution < 1.29 is 9.18 Å². The number of hydrogen-bond donors (Lipinski definition) is 1. The monoisotopic (exact) mass is 348 g/mol. The molecule has 2 aromatic rings. The van der Waals surface area contributed by atoms with E-state index >= 15 is 0 Å². The highest BCUT2D eigenvalue weighted by molar-refractivity contribution is 5.94. The van der Waals surface area contributed by atoms with Gasteiger partial charge in [0.25, 0.3) is 5.91 Å². The van der Waals surface area contributed by atoms with Gasteiger partial charge in [-0.15, -0.1) is 12.4 Å². The summed E-state index contributed by atoms with van der Waals surface area (Å²) in [6.07, 6.45) is 0.785. The van der Waals surface area contributed by atoms with Crippen LogP contribution in [-0.2, 0) is 6.54 Å². The minimum absolute atomic E-state index is 0. The molecule has 1 fully saturated rings. The lowest BCUT2D eigenvalue weighted by Crippen LogP contribution is -2.31. The van der Waals surface area contributed by atoms with Crippen molar-refractivity contribution in [1.82, 2.24) is 4.90 Å². The second-order valence-corrected chi connectivity index (χ2v) is 6.24. The van der Waals surface area contributed by atoms with Crippen molar-refractivity contribution in [3.05, 3.63) is 71.0 Å². The second kappa shape index (κ2) is 7.77. The molecule has 0 saturated carbocycles. The lowest BCUT2D eigenvalue weighted by atomic mass is 10.00. The van der Waals surface area contributed by atoms with Gasteiger partial charge in [-0.2, -0.15) is 0 Å². The smallest absolute Gasteiger partial charge is 0.254 e. The van der Waals surface area contributed by atoms with Gasteiger partial charge in [-0.05, 0) is 36.1 Å². The summed E-state index contributed by atoms with van der Waals surface area (Å²) >= 11 is 0. The van der Waals surface area contributed by atoms with Crippen molar-refractivity contribution in [3.63, 3.8) is 0 Å². The zero-order chi connectivity index (χ0) is 16.4. The van der Waals surface area contributed by atoms with Gasteiger partial charge in [0.05, 0.1) is 6.04 Å². The zero-order valence-corrected chi connectivity index (χ0v) is 14.4. The van der Waals surface area contributed by atoms with Crippen LogP contribution in [0.25, 0.3) is 0 Å². The Morgan fingerprint density at radius 3 is 2.50 bits per heavy atom. The average molecular weight is 349 g/mol. The molecule has 1 aliphatic rings. The minimum atomic E-state index is -0.247. The first-order chi connectivity index (χ1) is 11.1. The Morgan fingerprint density at radius 2 is 1.88 bits per heavy atom. The van der Waals surface area contributed by atoms with E-state index in [1.165, 1.54) is 6.07 Å². The number of benzene rings is 2. The summed E-state index contributed by atoms with van der Waals surface area (Å²) in [5.41, 5.74) is 7.81. The Balaban J connectivity index is 0.00000208. The Hall–Kier alpha value is -1.91. The van der Waals surface area contributed by atoms with Crippen LogP contribution in [0.4, 0.5) is 4.39 Å². The van der Waals surface area contributed by atoms with Gasteiger partial charge < -0.3 is 10.6 Å². The molecule has 128 valence electrons. The Bertz CT molecular complexity index is 705. The molecule has 0 bridgehead atoms. The van der Waals surface area contributed by atoms with Crippen LogP contribution in [0, 0.1) is 11.7 Å². The molecular formula is C19H22ClFN2O. The third kappa shape index (κ3) is 3.60. The maximum atomic E-state index is 14.2. The summed E-state index contributed by atoms with van der Waals surface area (Å²) in [4.78, 5) is 14.7. The van der Waals surface area contributed by atoms with E-state index in [0.29, 0.717) is 30.1 Å². The quantitative estimate of drug-likeness (QED) is 0.913. The highest BCUT2D eigenvalue weighted by Gasteiger charge is 2.35. The van der Waals surface area contributed by atoms with Crippen LogP contribution in [0.5, 0.6) is 0 Å². The summed E-state index contributed by atoms with van der Waals surface area (Å²) in [7, 11) is 0. The van der Waals surface area contributed by atoms with Gasteiger partial charge in [0.2, 0.25) is 0 Å². The fraction of sp³-hybridized carbons (Fsp3) is 0.316. The van der Waals surface area contributed by atoms with Crippen molar-refractivity contribution >= 4 is 18.3 Å². The normalized spacial score (nSPS) is 19.9. The van der Waals surface area contributed by atoms with E-state index in [9.17, 15) is 9.18 Å². The van der Waals surface area contributed by atoms with E-state index in [4.69, 9.17) is 5.73 Å². The Labute approximate surface area is 148 Å². The van der Waals surface area contributed by atoms with Gasteiger partial charge in [-0.25, -0.2) is 4.39 Å². The molecule has 1 amide bonds. The third-order valence-electron chi connectivity index (χ3n) is 4.47. The first kappa shape index (κ1) is 18.4. The van der Waals surface area contributed by atoms with Crippen molar-refractivity contribution in [2.75, 3.05) is 6.54 Å². The van der Waals surface area contributed by atoms with E-state index in [0.717, 1.165) is 12.0 Å². The van der Waals surface area contributed by atoms with E-state index in [2.05, 4.69) is 6.92 Å². The van der Waals surface area contributed by atoms with Crippen molar-refractivity contribution in [2.24, 2.45) is 11.7 Å². The second-order valence-electron chi connectivity index (χ2n) is 6.24. The lowest BCUT2D eigenvalue weighted by molar-refractivity contribution is 0.0730. The third-order valence-corrected chi connectivity index (χ3v) is 4.47. The largest absolute Gasteiger partial charge is 0.331 e. The molecule has 0 aromatic heterocycles. The van der Waals surface area contributed by atoms with Crippen LogP contribution in [0.2, 0.25) is 0 Å². The predicted molar refractivity (Wildman–Crippen MR) is 95.5 cm³/mol. The number of hydrogen-bond acceptors (Lipinski definition) is 2. The van der Waals surface area contributed by atoms with Gasteiger partial charge in [0.15, 0.2) is 0 Å².